The van der Waals surface area contributed by atoms with Crippen LogP contribution in [0.15, 0.2) is 60.7 Å². The number of rotatable bonds is 3. The van der Waals surface area contributed by atoms with E-state index in [1.807, 2.05) is 42.5 Å². The van der Waals surface area contributed by atoms with Crippen LogP contribution >= 0.6 is 0 Å². The van der Waals surface area contributed by atoms with Crippen LogP contribution < -0.4 is 5.32 Å². The molecule has 1 amide bonds. The van der Waals surface area contributed by atoms with E-state index in [0.717, 1.165) is 0 Å². The van der Waals surface area contributed by atoms with Gasteiger partial charge in [-0.15, -0.1) is 0 Å². The lowest BCUT2D eigenvalue weighted by molar-refractivity contribution is -0.116. The summed E-state index contributed by atoms with van der Waals surface area (Å²) in [5, 5.41) is 11.8. The van der Waals surface area contributed by atoms with E-state index < -0.39 is 5.92 Å². The molecule has 2 aromatic carbocycles. The Labute approximate surface area is 106 Å². The van der Waals surface area contributed by atoms with Crippen LogP contribution in [0.2, 0.25) is 0 Å². The van der Waals surface area contributed by atoms with Crippen LogP contribution in [0.25, 0.3) is 0 Å². The fraction of sp³-hybridized carbons (Fsp3) is 0.0667. The lowest BCUT2D eigenvalue weighted by atomic mass is 10.00. The molecular weight excluding hydrogens is 224 g/mol. The Bertz CT molecular complexity index is 558. The normalized spacial score (nSPS) is 11.3. The number of hydrogen-bond donors (Lipinski definition) is 1. The first-order valence-corrected chi connectivity index (χ1v) is 5.62. The van der Waals surface area contributed by atoms with Crippen molar-refractivity contribution in [3.63, 3.8) is 0 Å². The molecule has 0 aromatic heterocycles. The second-order valence-electron chi connectivity index (χ2n) is 3.83. The summed E-state index contributed by atoms with van der Waals surface area (Å²) in [7, 11) is 0. The van der Waals surface area contributed by atoms with Gasteiger partial charge in [-0.3, -0.25) is 4.79 Å². The van der Waals surface area contributed by atoms with Gasteiger partial charge in [0, 0.05) is 5.69 Å². The maximum Gasteiger partial charge on any atom is 0.246 e. The van der Waals surface area contributed by atoms with Crippen LogP contribution in [-0.2, 0) is 4.79 Å². The number of para-hydroxylation sites is 1. The van der Waals surface area contributed by atoms with Crippen molar-refractivity contribution >= 4 is 11.6 Å². The third-order valence-electron chi connectivity index (χ3n) is 2.57. The van der Waals surface area contributed by atoms with Crippen LogP contribution in [0, 0.1) is 11.3 Å². The molecular formula is C15H12N2O. The minimum absolute atomic E-state index is 0.310. The van der Waals surface area contributed by atoms with Crippen molar-refractivity contribution in [3.05, 3.63) is 66.2 Å². The van der Waals surface area contributed by atoms with Gasteiger partial charge in [0.25, 0.3) is 0 Å². The summed E-state index contributed by atoms with van der Waals surface area (Å²) in [4.78, 5) is 12.0. The van der Waals surface area contributed by atoms with E-state index in [2.05, 4.69) is 5.32 Å². The van der Waals surface area contributed by atoms with E-state index >= 15 is 0 Å². The van der Waals surface area contributed by atoms with Crippen molar-refractivity contribution in [2.24, 2.45) is 0 Å². The number of carbonyl (C=O) groups excluding carboxylic acids is 1. The maximum atomic E-state index is 12.0. The number of nitrogens with one attached hydrogen (secondary N) is 1. The van der Waals surface area contributed by atoms with Gasteiger partial charge in [-0.05, 0) is 17.7 Å². The van der Waals surface area contributed by atoms with Crippen LogP contribution in [0.1, 0.15) is 11.5 Å². The Morgan fingerprint density at radius 1 is 1.00 bits per heavy atom. The minimum Gasteiger partial charge on any atom is -0.325 e. The van der Waals surface area contributed by atoms with Gasteiger partial charge in [-0.1, -0.05) is 48.5 Å². The van der Waals surface area contributed by atoms with Gasteiger partial charge in [-0.2, -0.15) is 5.26 Å². The van der Waals surface area contributed by atoms with Gasteiger partial charge in [0.15, 0.2) is 5.92 Å². The summed E-state index contributed by atoms with van der Waals surface area (Å²) in [6, 6.07) is 20.2. The van der Waals surface area contributed by atoms with Gasteiger partial charge >= 0.3 is 0 Å². The SMILES string of the molecule is N#C[C@H](C(=O)Nc1ccccc1)c1ccccc1. The average Bonchev–Trinajstić information content (AvgIpc) is 2.42. The zero-order chi connectivity index (χ0) is 12.8. The molecule has 3 nitrogen and oxygen atoms in total. The Kier molecular flexibility index (Phi) is 3.72. The van der Waals surface area contributed by atoms with Crippen molar-refractivity contribution in [2.75, 3.05) is 5.32 Å². The molecule has 0 spiro atoms. The monoisotopic (exact) mass is 236 g/mol. The lowest BCUT2D eigenvalue weighted by Crippen LogP contribution is -2.19. The van der Waals surface area contributed by atoms with Gasteiger partial charge in [0.2, 0.25) is 5.91 Å². The zero-order valence-electron chi connectivity index (χ0n) is 9.71. The van der Waals surface area contributed by atoms with Gasteiger partial charge in [0.1, 0.15) is 0 Å². The van der Waals surface area contributed by atoms with Crippen LogP contribution in [-0.4, -0.2) is 5.91 Å². The van der Waals surface area contributed by atoms with Crippen LogP contribution in [0.4, 0.5) is 5.69 Å². The summed E-state index contributed by atoms with van der Waals surface area (Å²) >= 11 is 0. The van der Waals surface area contributed by atoms with Crippen LogP contribution in [0.5, 0.6) is 0 Å². The van der Waals surface area contributed by atoms with E-state index in [9.17, 15) is 4.79 Å². The first-order chi connectivity index (χ1) is 8.81. The zero-order valence-corrected chi connectivity index (χ0v) is 9.71. The molecule has 2 aromatic rings. The van der Waals surface area contributed by atoms with Crippen LogP contribution in [0.3, 0.4) is 0 Å². The molecule has 0 bridgehead atoms. The summed E-state index contributed by atoms with van der Waals surface area (Å²) in [6.45, 7) is 0. The number of benzene rings is 2. The molecule has 3 heteroatoms. The molecule has 0 radical (unpaired) electrons. The number of nitriles is 1. The number of anilines is 1. The highest BCUT2D eigenvalue weighted by Gasteiger charge is 2.19. The average molecular weight is 236 g/mol. The van der Waals surface area contributed by atoms with Crippen molar-refractivity contribution in [1.82, 2.24) is 0 Å². The lowest BCUT2D eigenvalue weighted by Gasteiger charge is -2.10. The highest BCUT2D eigenvalue weighted by atomic mass is 16.1. The predicted molar refractivity (Wildman–Crippen MR) is 69.9 cm³/mol. The fourth-order valence-corrected chi connectivity index (χ4v) is 1.67. The minimum atomic E-state index is -0.786. The van der Waals surface area contributed by atoms with Crippen molar-refractivity contribution in [3.8, 4) is 6.07 Å². The van der Waals surface area contributed by atoms with E-state index in [-0.39, 0.29) is 5.91 Å². The number of amides is 1. The fourth-order valence-electron chi connectivity index (χ4n) is 1.67. The molecule has 88 valence electrons. The molecule has 0 fully saturated rings. The molecule has 0 aliphatic heterocycles. The van der Waals surface area contributed by atoms with Gasteiger partial charge in [-0.25, -0.2) is 0 Å². The Hall–Kier alpha value is -2.60. The van der Waals surface area contributed by atoms with Gasteiger partial charge < -0.3 is 5.32 Å². The first-order valence-electron chi connectivity index (χ1n) is 5.62. The molecule has 0 saturated heterocycles. The molecule has 0 aliphatic carbocycles. The molecule has 0 heterocycles. The molecule has 2 rings (SSSR count). The third kappa shape index (κ3) is 2.74. The van der Waals surface area contributed by atoms with E-state index in [1.165, 1.54) is 0 Å². The molecule has 0 aliphatic rings. The molecule has 1 atom stereocenters. The van der Waals surface area contributed by atoms with Gasteiger partial charge in [0.05, 0.1) is 6.07 Å². The summed E-state index contributed by atoms with van der Waals surface area (Å²) in [5.41, 5.74) is 1.40. The third-order valence-corrected chi connectivity index (χ3v) is 2.57. The predicted octanol–water partition coefficient (Wildman–Crippen LogP) is 2.93. The summed E-state index contributed by atoms with van der Waals surface area (Å²) in [6.07, 6.45) is 0. The highest BCUT2D eigenvalue weighted by Crippen LogP contribution is 2.17. The quantitative estimate of drug-likeness (QED) is 0.890. The molecule has 0 unspecified atom stereocenters. The number of carbonyl (C=O) groups is 1. The van der Waals surface area contributed by atoms with Crippen molar-refractivity contribution in [1.29, 1.82) is 5.26 Å². The Morgan fingerprint density at radius 3 is 2.11 bits per heavy atom. The standard InChI is InChI=1S/C15H12N2O/c16-11-14(12-7-3-1-4-8-12)15(18)17-13-9-5-2-6-10-13/h1-10,14H,(H,17,18)/t14-/m0/s1. The second-order valence-corrected chi connectivity index (χ2v) is 3.83. The van der Waals surface area contributed by atoms with E-state index in [1.54, 1.807) is 24.3 Å². The molecule has 18 heavy (non-hydrogen) atoms. The Balaban J connectivity index is 2.15. The summed E-state index contributed by atoms with van der Waals surface area (Å²) < 4.78 is 0. The topological polar surface area (TPSA) is 52.9 Å². The molecule has 0 saturated carbocycles. The van der Waals surface area contributed by atoms with Crippen molar-refractivity contribution < 1.29 is 4.79 Å². The maximum absolute atomic E-state index is 12.0. The first kappa shape index (κ1) is 11.9. The second kappa shape index (κ2) is 5.65. The highest BCUT2D eigenvalue weighted by molar-refractivity contribution is 5.97. The largest absolute Gasteiger partial charge is 0.325 e. The molecule has 1 N–H and O–H groups in total. The number of nitrogens with zero attached hydrogens (tertiary/aromatic N) is 1. The number of hydrogen-bond acceptors (Lipinski definition) is 2. The summed E-state index contributed by atoms with van der Waals surface area (Å²) in [5.74, 6) is -1.10. The smallest absolute Gasteiger partial charge is 0.246 e. The van der Waals surface area contributed by atoms with Crippen molar-refractivity contribution in [2.45, 2.75) is 5.92 Å². The van der Waals surface area contributed by atoms with E-state index in [4.69, 9.17) is 5.26 Å². The Morgan fingerprint density at radius 2 is 1.56 bits per heavy atom. The van der Waals surface area contributed by atoms with E-state index in [0.29, 0.717) is 11.3 Å².